The zero-order chi connectivity index (χ0) is 28.9. The predicted octanol–water partition coefficient (Wildman–Crippen LogP) is 7.17. The van der Waals surface area contributed by atoms with Crippen LogP contribution in [0.1, 0.15) is 97.7 Å². The average molecular weight is 587 g/mol. The minimum absolute atomic E-state index is 0.194. The van der Waals surface area contributed by atoms with Gasteiger partial charge in [0, 0.05) is 12.8 Å². The van der Waals surface area contributed by atoms with E-state index in [1.54, 1.807) is 6.07 Å². The van der Waals surface area contributed by atoms with Crippen LogP contribution in [0.15, 0.2) is 83.8 Å². The van der Waals surface area contributed by atoms with Gasteiger partial charge in [0.05, 0.1) is 23.2 Å². The Kier molecular flexibility index (Phi) is 7.24. The van der Waals surface area contributed by atoms with Crippen LogP contribution in [0.5, 0.6) is 0 Å². The fourth-order valence-corrected chi connectivity index (χ4v) is 8.95. The summed E-state index contributed by atoms with van der Waals surface area (Å²) in [6, 6.07) is 26.1. The van der Waals surface area contributed by atoms with Crippen molar-refractivity contribution in [3.8, 4) is 0 Å². The zero-order valence-corrected chi connectivity index (χ0v) is 24.8. The van der Waals surface area contributed by atoms with Crippen LogP contribution in [0, 0.1) is 5.92 Å². The second kappa shape index (κ2) is 10.9. The summed E-state index contributed by atoms with van der Waals surface area (Å²) in [7, 11) is -1.89. The predicted molar refractivity (Wildman–Crippen MR) is 159 cm³/mol. The number of sulfone groups is 1. The van der Waals surface area contributed by atoms with Crippen molar-refractivity contribution in [3.05, 3.63) is 101 Å². The average Bonchev–Trinajstić information content (AvgIpc) is 3.97. The van der Waals surface area contributed by atoms with Crippen LogP contribution in [0.2, 0.25) is 0 Å². The Balaban J connectivity index is 1.14. The van der Waals surface area contributed by atoms with E-state index in [1.165, 1.54) is 7.11 Å². The molecule has 0 aromatic heterocycles. The number of rotatable bonds is 9. The number of carbonyl (C=O) groups excluding carboxylic acids is 1. The molecule has 4 fully saturated rings. The van der Waals surface area contributed by atoms with E-state index in [4.69, 9.17) is 14.2 Å². The molecule has 1 heterocycles. The zero-order valence-electron chi connectivity index (χ0n) is 24.0. The Morgan fingerprint density at radius 1 is 0.881 bits per heavy atom. The number of hydrogen-bond acceptors (Lipinski definition) is 6. The third-order valence-corrected chi connectivity index (χ3v) is 11.9. The van der Waals surface area contributed by atoms with Gasteiger partial charge in [-0.2, -0.15) is 0 Å². The molecule has 42 heavy (non-hydrogen) atoms. The number of esters is 1. The number of methoxy groups -OCH3 is 1. The Morgan fingerprint density at radius 2 is 1.50 bits per heavy atom. The van der Waals surface area contributed by atoms with Gasteiger partial charge in [-0.25, -0.2) is 8.42 Å². The highest BCUT2D eigenvalue weighted by Crippen LogP contribution is 2.55. The van der Waals surface area contributed by atoms with Gasteiger partial charge >= 0.3 is 5.97 Å². The van der Waals surface area contributed by atoms with Gasteiger partial charge in [0.25, 0.3) is 0 Å². The molecule has 7 rings (SSSR count). The van der Waals surface area contributed by atoms with Crippen LogP contribution in [-0.2, 0) is 28.8 Å². The van der Waals surface area contributed by atoms with Crippen LogP contribution in [0.25, 0.3) is 0 Å². The fourth-order valence-electron chi connectivity index (χ4n) is 7.03. The summed E-state index contributed by atoms with van der Waals surface area (Å²) in [4.78, 5) is 13.6. The molecule has 1 spiro atoms. The van der Waals surface area contributed by atoms with Crippen molar-refractivity contribution < 1.29 is 27.4 Å². The lowest BCUT2D eigenvalue weighted by atomic mass is 9.86. The molecule has 0 unspecified atom stereocenters. The van der Waals surface area contributed by atoms with Gasteiger partial charge in [-0.15, -0.1) is 0 Å². The van der Waals surface area contributed by atoms with E-state index in [0.717, 1.165) is 60.8 Å². The molecule has 220 valence electrons. The molecule has 1 saturated heterocycles. The number of carbonyl (C=O) groups is 1. The van der Waals surface area contributed by atoms with Gasteiger partial charge in [-0.05, 0) is 78.7 Å². The van der Waals surface area contributed by atoms with E-state index in [0.29, 0.717) is 17.7 Å². The highest BCUT2D eigenvalue weighted by atomic mass is 32.2. The van der Waals surface area contributed by atoms with Gasteiger partial charge in [0.2, 0.25) is 0 Å². The van der Waals surface area contributed by atoms with E-state index in [1.807, 2.05) is 48.5 Å². The Labute approximate surface area is 248 Å². The SMILES string of the molecule is COC(=O)[C@@H](C[C@H]1CCC2(C1)O[C@H](c1ccccc1)[C@@H](c1ccccc1)O2)c1ccc(S(=O)(=O)C2CC2)c(C2CC2)c1. The summed E-state index contributed by atoms with van der Waals surface area (Å²) in [5, 5.41) is -0.252. The topological polar surface area (TPSA) is 78.9 Å². The first-order valence-electron chi connectivity index (χ1n) is 15.3. The van der Waals surface area contributed by atoms with Crippen LogP contribution in [-0.4, -0.2) is 32.5 Å². The lowest BCUT2D eigenvalue weighted by molar-refractivity contribution is -0.173. The molecule has 4 aliphatic rings. The maximum atomic E-state index is 13.2. The summed E-state index contributed by atoms with van der Waals surface area (Å²) in [6.07, 6.45) is 5.95. The number of benzene rings is 3. The Bertz CT molecular complexity index is 1500. The Morgan fingerprint density at radius 3 is 2.05 bits per heavy atom. The summed E-state index contributed by atoms with van der Waals surface area (Å²) in [5.74, 6) is -1.02. The van der Waals surface area contributed by atoms with E-state index < -0.39 is 21.5 Å². The van der Waals surface area contributed by atoms with E-state index in [-0.39, 0.29) is 35.3 Å². The molecule has 7 heteroatoms. The molecule has 3 aromatic rings. The van der Waals surface area contributed by atoms with Crippen LogP contribution in [0.3, 0.4) is 0 Å². The monoisotopic (exact) mass is 586 g/mol. The quantitative estimate of drug-likeness (QED) is 0.247. The number of hydrogen-bond donors (Lipinski definition) is 0. The van der Waals surface area contributed by atoms with E-state index >= 15 is 0 Å². The molecule has 0 radical (unpaired) electrons. The molecule has 0 amide bonds. The largest absolute Gasteiger partial charge is 0.469 e. The summed E-state index contributed by atoms with van der Waals surface area (Å²) < 4.78 is 45.3. The van der Waals surface area contributed by atoms with Gasteiger partial charge in [-0.3, -0.25) is 4.79 Å². The fraction of sp³-hybridized carbons (Fsp3) is 0.457. The van der Waals surface area contributed by atoms with Crippen LogP contribution < -0.4 is 0 Å². The van der Waals surface area contributed by atoms with Crippen LogP contribution in [0.4, 0.5) is 0 Å². The van der Waals surface area contributed by atoms with E-state index in [2.05, 4.69) is 24.3 Å². The first-order valence-corrected chi connectivity index (χ1v) is 16.8. The lowest BCUT2D eigenvalue weighted by Gasteiger charge is -2.24. The molecule has 6 nitrogen and oxygen atoms in total. The van der Waals surface area contributed by atoms with Gasteiger partial charge < -0.3 is 14.2 Å². The van der Waals surface area contributed by atoms with Crippen molar-refractivity contribution in [2.45, 2.75) is 91.3 Å². The standard InChI is InChI=1S/C35H38O6S/c1-39-34(36)30(27-14-17-31(29(21-27)24-12-13-24)42(37,38)28-15-16-28)20-23-18-19-35(22-23)40-32(25-8-4-2-5-9-25)33(41-35)26-10-6-3-7-11-26/h2-11,14,17,21,23-24,28,30,32-33H,12-13,15-16,18-20,22H2,1H3/t23-,30+,32-,33-/m1/s1. The molecule has 0 N–H and O–H groups in total. The van der Waals surface area contributed by atoms with Crippen molar-refractivity contribution >= 4 is 15.8 Å². The summed E-state index contributed by atoms with van der Waals surface area (Å²) in [6.45, 7) is 0. The highest BCUT2D eigenvalue weighted by molar-refractivity contribution is 7.92. The maximum absolute atomic E-state index is 13.2. The number of ether oxygens (including phenoxy) is 3. The van der Waals surface area contributed by atoms with Gasteiger partial charge in [-0.1, -0.05) is 72.8 Å². The first kappa shape index (κ1) is 27.8. The summed E-state index contributed by atoms with van der Waals surface area (Å²) >= 11 is 0. The molecular weight excluding hydrogens is 548 g/mol. The molecule has 1 aliphatic heterocycles. The van der Waals surface area contributed by atoms with Gasteiger partial charge in [0.15, 0.2) is 15.6 Å². The minimum atomic E-state index is -3.31. The van der Waals surface area contributed by atoms with Crippen molar-refractivity contribution in [1.82, 2.24) is 0 Å². The van der Waals surface area contributed by atoms with Crippen molar-refractivity contribution in [3.63, 3.8) is 0 Å². The van der Waals surface area contributed by atoms with Crippen molar-refractivity contribution in [2.75, 3.05) is 7.11 Å². The van der Waals surface area contributed by atoms with Gasteiger partial charge in [0.1, 0.15) is 12.2 Å². The first-order chi connectivity index (χ1) is 20.4. The Hall–Kier alpha value is -3.00. The third-order valence-electron chi connectivity index (χ3n) is 9.53. The van der Waals surface area contributed by atoms with Crippen molar-refractivity contribution in [1.29, 1.82) is 0 Å². The minimum Gasteiger partial charge on any atom is -0.469 e. The molecule has 3 aliphatic carbocycles. The maximum Gasteiger partial charge on any atom is 0.313 e. The molecule has 3 saturated carbocycles. The van der Waals surface area contributed by atoms with Crippen LogP contribution >= 0.6 is 0 Å². The molecular formula is C35H38O6S. The van der Waals surface area contributed by atoms with E-state index in [9.17, 15) is 13.2 Å². The second-order valence-corrected chi connectivity index (χ2v) is 14.7. The smallest absolute Gasteiger partial charge is 0.313 e. The lowest BCUT2D eigenvalue weighted by Crippen LogP contribution is -2.27. The third kappa shape index (κ3) is 5.31. The second-order valence-electron chi connectivity index (χ2n) is 12.5. The molecule has 3 aromatic carbocycles. The highest BCUT2D eigenvalue weighted by Gasteiger charge is 2.53. The molecule has 0 bridgehead atoms. The van der Waals surface area contributed by atoms with Crippen molar-refractivity contribution in [2.24, 2.45) is 5.92 Å². The molecule has 4 atom stereocenters. The normalized spacial score (nSPS) is 25.9. The summed E-state index contributed by atoms with van der Waals surface area (Å²) in [5.41, 5.74) is 3.91.